The zero-order valence-electron chi connectivity index (χ0n) is 33.8. The first-order chi connectivity index (χ1) is 28.2. The van der Waals surface area contributed by atoms with Gasteiger partial charge >= 0.3 is 0 Å². The van der Waals surface area contributed by atoms with Gasteiger partial charge in [-0.25, -0.2) is 0 Å². The van der Waals surface area contributed by atoms with E-state index in [0.29, 0.717) is 30.4 Å². The molecule has 0 unspecified atom stereocenters. The molecular weight excluding hydrogens is 761 g/mol. The Balaban J connectivity index is 1.46. The second-order valence-electron chi connectivity index (χ2n) is 15.8. The molecule has 3 heterocycles. The average molecular weight is 817 g/mol. The molecule has 0 bridgehead atoms. The van der Waals surface area contributed by atoms with Gasteiger partial charge in [0.1, 0.15) is 42.3 Å². The summed E-state index contributed by atoms with van der Waals surface area (Å²) in [7, 11) is 0. The van der Waals surface area contributed by atoms with Crippen molar-refractivity contribution in [2.24, 2.45) is 5.92 Å². The molecule has 7 atom stereocenters. The van der Waals surface area contributed by atoms with Crippen LogP contribution in [-0.4, -0.2) is 131 Å². The Labute approximate surface area is 343 Å². The number of hydrogen-bond donors (Lipinski definition) is 7. The Morgan fingerprint density at radius 1 is 0.593 bits per heavy atom. The first-order valence-corrected chi connectivity index (χ1v) is 20.3. The number of carbonyl (C=O) groups is 8. The van der Waals surface area contributed by atoms with Gasteiger partial charge in [0, 0.05) is 25.9 Å². The Morgan fingerprint density at radius 2 is 1.05 bits per heavy atom. The number of carbonyl (C=O) groups excluding carboxylic acids is 8. The third kappa shape index (κ3) is 11.9. The maximum atomic E-state index is 13.9. The Kier molecular flexibility index (Phi) is 15.6. The van der Waals surface area contributed by atoms with Crippen molar-refractivity contribution in [3.63, 3.8) is 0 Å². The number of amides is 8. The predicted octanol–water partition coefficient (Wildman–Crippen LogP) is -0.934. The van der Waals surface area contributed by atoms with E-state index in [1.54, 1.807) is 60.7 Å². The fraction of sp³-hybridized carbons (Fsp3) is 0.524. The van der Waals surface area contributed by atoms with E-state index in [0.717, 1.165) is 0 Å². The van der Waals surface area contributed by atoms with Crippen LogP contribution in [-0.2, 0) is 51.2 Å². The summed E-state index contributed by atoms with van der Waals surface area (Å²) in [5, 5.41) is 26.3. The highest BCUT2D eigenvalue weighted by Gasteiger charge is 2.40. The minimum atomic E-state index is -1.55. The van der Waals surface area contributed by atoms with Gasteiger partial charge in [0.15, 0.2) is 0 Å². The molecule has 2 aromatic rings. The number of fused-ring (bicyclic) bond motifs is 2. The van der Waals surface area contributed by atoms with Crippen LogP contribution in [0, 0.1) is 5.92 Å². The molecule has 0 aliphatic carbocycles. The molecule has 0 aromatic heterocycles. The summed E-state index contributed by atoms with van der Waals surface area (Å²) in [6.45, 7) is 4.35. The van der Waals surface area contributed by atoms with Gasteiger partial charge in [0.25, 0.3) is 0 Å². The lowest BCUT2D eigenvalue weighted by Crippen LogP contribution is -2.61. The van der Waals surface area contributed by atoms with Crippen molar-refractivity contribution in [3.8, 4) is 0 Å². The molecule has 3 saturated heterocycles. The number of nitrogens with one attached hydrogen (secondary N) is 6. The number of rotatable bonds is 7. The molecule has 0 radical (unpaired) electrons. The summed E-state index contributed by atoms with van der Waals surface area (Å²) in [6.07, 6.45) is 1.82. The van der Waals surface area contributed by atoms with Gasteiger partial charge in [-0.1, -0.05) is 74.5 Å². The first-order valence-electron chi connectivity index (χ1n) is 20.3. The lowest BCUT2D eigenvalue weighted by molar-refractivity contribution is -0.142. The van der Waals surface area contributed by atoms with Crippen molar-refractivity contribution in [2.75, 3.05) is 26.2 Å². The third-order valence-electron chi connectivity index (χ3n) is 10.8. The summed E-state index contributed by atoms with van der Waals surface area (Å²) >= 11 is 0. The third-order valence-corrected chi connectivity index (χ3v) is 10.8. The van der Waals surface area contributed by atoms with Crippen LogP contribution in [0.2, 0.25) is 0 Å². The molecule has 3 fully saturated rings. The van der Waals surface area contributed by atoms with E-state index >= 15 is 0 Å². The summed E-state index contributed by atoms with van der Waals surface area (Å²) in [5.41, 5.74) is 1.35. The normalized spacial score (nSPS) is 27.1. The number of aliphatic hydroxyl groups excluding tert-OH is 1. The molecule has 0 spiro atoms. The smallest absolute Gasteiger partial charge is 0.245 e. The molecule has 5 rings (SSSR count). The Hall–Kier alpha value is -5.84. The van der Waals surface area contributed by atoms with Crippen LogP contribution in [0.25, 0.3) is 0 Å². The summed E-state index contributed by atoms with van der Waals surface area (Å²) in [5.74, 6) is -5.29. The van der Waals surface area contributed by atoms with E-state index in [4.69, 9.17) is 0 Å². The van der Waals surface area contributed by atoms with Crippen molar-refractivity contribution in [1.29, 1.82) is 0 Å². The standard InChI is InChI=1S/C42H56N8O9/c1-25(2)20-29-37(54)44-26(3)42(59)50-19-11-17-34(50)41(58)47-31(22-28-14-8-5-9-15-28)38(55)48-32(24-51)39(56)45-30(21-27-12-6-4-7-13-27)36(53)43-23-35(52)49-18-10-16-33(49)40(57)46-29/h4-9,12-15,25-26,29-34,51H,10-11,16-24H2,1-3H3,(H,43,53)(H,44,54)(H,45,56)(H,46,57)(H,47,58)(H,48,55)/t26-,29-,30-,31+,32+,33+,34+/m1/s1. The molecule has 8 amide bonds. The van der Waals surface area contributed by atoms with Gasteiger partial charge in [0.05, 0.1) is 13.2 Å². The Bertz CT molecular complexity index is 1850. The SMILES string of the molecule is CC(C)C[C@H]1NC(=O)[C@@H]2CCCN2C(=O)CNC(=O)[C@@H](Cc2ccccc2)NC(=O)[C@H](CO)NC(=O)[C@H](Cc2ccccc2)NC(=O)[C@@H]2CCCN2C(=O)[C@@H](C)NC1=O. The van der Waals surface area contributed by atoms with Gasteiger partial charge < -0.3 is 46.8 Å². The average Bonchev–Trinajstić information content (AvgIpc) is 3.92. The highest BCUT2D eigenvalue weighted by molar-refractivity contribution is 5.98. The van der Waals surface area contributed by atoms with E-state index in [1.165, 1.54) is 16.7 Å². The van der Waals surface area contributed by atoms with E-state index in [9.17, 15) is 43.5 Å². The molecule has 7 N–H and O–H groups in total. The van der Waals surface area contributed by atoms with Crippen molar-refractivity contribution in [1.82, 2.24) is 41.7 Å². The summed E-state index contributed by atoms with van der Waals surface area (Å²) in [4.78, 5) is 113. The molecule has 59 heavy (non-hydrogen) atoms. The maximum Gasteiger partial charge on any atom is 0.245 e. The zero-order chi connectivity index (χ0) is 42.6. The molecule has 318 valence electrons. The van der Waals surface area contributed by atoms with Crippen LogP contribution in [0.3, 0.4) is 0 Å². The van der Waals surface area contributed by atoms with Crippen LogP contribution in [0.15, 0.2) is 60.7 Å². The van der Waals surface area contributed by atoms with Crippen molar-refractivity contribution in [2.45, 2.75) is 108 Å². The van der Waals surface area contributed by atoms with E-state index in [-0.39, 0.29) is 44.7 Å². The fourth-order valence-corrected chi connectivity index (χ4v) is 7.75. The number of aliphatic hydroxyl groups is 1. The number of nitrogens with zero attached hydrogens (tertiary/aromatic N) is 2. The highest BCUT2D eigenvalue weighted by Crippen LogP contribution is 2.21. The molecule has 3 aliphatic heterocycles. The zero-order valence-corrected chi connectivity index (χ0v) is 33.8. The van der Waals surface area contributed by atoms with Gasteiger partial charge in [-0.15, -0.1) is 0 Å². The predicted molar refractivity (Wildman–Crippen MR) is 215 cm³/mol. The van der Waals surface area contributed by atoms with Crippen molar-refractivity contribution >= 4 is 47.3 Å². The largest absolute Gasteiger partial charge is 0.394 e. The lowest BCUT2D eigenvalue weighted by atomic mass is 10.0. The molecule has 3 aliphatic rings. The van der Waals surface area contributed by atoms with Gasteiger partial charge in [0.2, 0.25) is 47.3 Å². The van der Waals surface area contributed by atoms with Crippen molar-refractivity contribution in [3.05, 3.63) is 71.8 Å². The van der Waals surface area contributed by atoms with E-state index < -0.39 is 103 Å². The quantitative estimate of drug-likeness (QED) is 0.183. The first kappa shape index (κ1) is 44.3. The topological polar surface area (TPSA) is 235 Å². The highest BCUT2D eigenvalue weighted by atomic mass is 16.3. The monoisotopic (exact) mass is 816 g/mol. The minimum absolute atomic E-state index is 0.000785. The maximum absolute atomic E-state index is 13.9. The molecule has 2 aromatic carbocycles. The molecular formula is C42H56N8O9. The van der Waals surface area contributed by atoms with Crippen LogP contribution in [0.5, 0.6) is 0 Å². The van der Waals surface area contributed by atoms with Gasteiger partial charge in [-0.3, -0.25) is 38.4 Å². The number of hydrogen-bond acceptors (Lipinski definition) is 9. The van der Waals surface area contributed by atoms with Crippen LogP contribution < -0.4 is 31.9 Å². The summed E-state index contributed by atoms with van der Waals surface area (Å²) in [6, 6.07) is 9.54. The van der Waals surface area contributed by atoms with E-state index in [1.807, 2.05) is 13.8 Å². The fourth-order valence-electron chi connectivity index (χ4n) is 7.75. The summed E-state index contributed by atoms with van der Waals surface area (Å²) < 4.78 is 0. The Morgan fingerprint density at radius 3 is 1.61 bits per heavy atom. The lowest BCUT2D eigenvalue weighted by Gasteiger charge is -2.30. The van der Waals surface area contributed by atoms with Gasteiger partial charge in [-0.05, 0) is 56.1 Å². The van der Waals surface area contributed by atoms with Crippen LogP contribution >= 0.6 is 0 Å². The van der Waals surface area contributed by atoms with Crippen molar-refractivity contribution < 1.29 is 43.5 Å². The van der Waals surface area contributed by atoms with Gasteiger partial charge in [-0.2, -0.15) is 0 Å². The van der Waals surface area contributed by atoms with Crippen LogP contribution in [0.1, 0.15) is 64.0 Å². The van der Waals surface area contributed by atoms with Crippen LogP contribution in [0.4, 0.5) is 0 Å². The minimum Gasteiger partial charge on any atom is -0.394 e. The second-order valence-corrected chi connectivity index (χ2v) is 15.8. The molecule has 17 heteroatoms. The molecule has 0 saturated carbocycles. The number of benzene rings is 2. The second kappa shape index (κ2) is 20.7. The van der Waals surface area contributed by atoms with E-state index in [2.05, 4.69) is 31.9 Å². The molecule has 17 nitrogen and oxygen atoms in total.